The molecule has 1 atom stereocenters. The molecular formula is C14H15N2O5P. The smallest absolute Gasteiger partial charge is 0.327 e. The maximum absolute atomic E-state index is 11.3. The van der Waals surface area contributed by atoms with Crippen LogP contribution in [0.25, 0.3) is 0 Å². The number of nitro benzene ring substituents is 1. The Hall–Kier alpha value is -2.21. The van der Waals surface area contributed by atoms with Crippen LogP contribution >= 0.6 is 7.60 Å². The molecule has 0 radical (unpaired) electrons. The zero-order valence-corrected chi connectivity index (χ0v) is 12.4. The minimum Gasteiger partial charge on any atom is -0.378 e. The highest BCUT2D eigenvalue weighted by atomic mass is 31.2. The van der Waals surface area contributed by atoms with Gasteiger partial charge in [0.1, 0.15) is 0 Å². The summed E-state index contributed by atoms with van der Waals surface area (Å²) in [6.07, 6.45) is -0.367. The van der Waals surface area contributed by atoms with Gasteiger partial charge in [-0.15, -0.1) is 0 Å². The molecule has 0 fully saturated rings. The first-order chi connectivity index (χ1) is 10.3. The summed E-state index contributed by atoms with van der Waals surface area (Å²) >= 11 is 0. The van der Waals surface area contributed by atoms with Crippen LogP contribution in [0, 0.1) is 10.1 Å². The van der Waals surface area contributed by atoms with Crippen molar-refractivity contribution in [1.82, 2.24) is 0 Å². The van der Waals surface area contributed by atoms with Crippen LogP contribution in [0.15, 0.2) is 54.6 Å². The predicted octanol–water partition coefficient (Wildman–Crippen LogP) is 2.93. The molecule has 0 amide bonds. The Balaban J connectivity index is 2.22. The summed E-state index contributed by atoms with van der Waals surface area (Å²) in [5.41, 5.74) is 1.23. The number of non-ortho nitro benzene ring substituents is 1. The fraction of sp³-hybridized carbons (Fsp3) is 0.143. The molecule has 0 saturated carbocycles. The van der Waals surface area contributed by atoms with Gasteiger partial charge >= 0.3 is 7.60 Å². The molecule has 0 heterocycles. The van der Waals surface area contributed by atoms with Crippen molar-refractivity contribution in [3.05, 3.63) is 70.3 Å². The highest BCUT2D eigenvalue weighted by molar-refractivity contribution is 7.51. The van der Waals surface area contributed by atoms with Crippen LogP contribution in [0.3, 0.4) is 0 Å². The van der Waals surface area contributed by atoms with E-state index in [1.165, 1.54) is 24.3 Å². The maximum Gasteiger partial charge on any atom is 0.327 e. The Labute approximate surface area is 126 Å². The number of hydrogen-bond donors (Lipinski definition) is 3. The van der Waals surface area contributed by atoms with Crippen molar-refractivity contribution in [2.24, 2.45) is 0 Å². The minimum atomic E-state index is -4.22. The second kappa shape index (κ2) is 6.70. The van der Waals surface area contributed by atoms with Crippen LogP contribution in [0.2, 0.25) is 0 Å². The Morgan fingerprint density at radius 1 is 1.09 bits per heavy atom. The van der Waals surface area contributed by atoms with Gasteiger partial charge in [-0.05, 0) is 17.7 Å². The van der Waals surface area contributed by atoms with E-state index in [1.54, 1.807) is 24.3 Å². The van der Waals surface area contributed by atoms with E-state index in [0.717, 1.165) is 5.56 Å². The number of nitrogens with one attached hydrogen (secondary N) is 1. The first-order valence-electron chi connectivity index (χ1n) is 6.46. The zero-order chi connectivity index (χ0) is 16.2. The standard InChI is InChI=1S/C14H15N2O5P/c17-16(18)13-8-6-12(7-9-13)15-14(10-22(19,20)21)11-4-2-1-3-5-11/h1-9,14-15H,10H2,(H2,19,20,21). The summed E-state index contributed by atoms with van der Waals surface area (Å²) in [5.74, 6) is 0. The minimum absolute atomic E-state index is 0.0446. The lowest BCUT2D eigenvalue weighted by atomic mass is 10.1. The first-order valence-corrected chi connectivity index (χ1v) is 8.25. The van der Waals surface area contributed by atoms with Gasteiger partial charge in [0.2, 0.25) is 0 Å². The number of anilines is 1. The van der Waals surface area contributed by atoms with E-state index in [4.69, 9.17) is 0 Å². The molecule has 22 heavy (non-hydrogen) atoms. The normalized spacial score (nSPS) is 12.6. The van der Waals surface area contributed by atoms with E-state index in [9.17, 15) is 24.5 Å². The molecule has 0 aliphatic rings. The van der Waals surface area contributed by atoms with Gasteiger partial charge in [-0.2, -0.15) is 0 Å². The van der Waals surface area contributed by atoms with Gasteiger partial charge in [0.25, 0.3) is 5.69 Å². The summed E-state index contributed by atoms with van der Waals surface area (Å²) < 4.78 is 11.3. The molecule has 2 aromatic carbocycles. The van der Waals surface area contributed by atoms with Gasteiger partial charge in [-0.3, -0.25) is 14.7 Å². The Morgan fingerprint density at radius 2 is 1.68 bits per heavy atom. The molecule has 2 rings (SSSR count). The number of nitrogens with zero attached hydrogens (tertiary/aromatic N) is 1. The quantitative estimate of drug-likeness (QED) is 0.428. The molecule has 0 aliphatic heterocycles. The average molecular weight is 322 g/mol. The van der Waals surface area contributed by atoms with Crippen molar-refractivity contribution < 1.29 is 19.3 Å². The van der Waals surface area contributed by atoms with Crippen molar-refractivity contribution >= 4 is 19.0 Å². The number of benzene rings is 2. The largest absolute Gasteiger partial charge is 0.378 e. The van der Waals surface area contributed by atoms with Gasteiger partial charge in [-0.1, -0.05) is 30.3 Å². The molecule has 0 aromatic heterocycles. The molecule has 7 nitrogen and oxygen atoms in total. The van der Waals surface area contributed by atoms with E-state index in [-0.39, 0.29) is 11.8 Å². The van der Waals surface area contributed by atoms with Crippen molar-refractivity contribution in [3.63, 3.8) is 0 Å². The van der Waals surface area contributed by atoms with Crippen LogP contribution in [-0.4, -0.2) is 20.9 Å². The summed E-state index contributed by atoms with van der Waals surface area (Å²) in [4.78, 5) is 28.6. The van der Waals surface area contributed by atoms with E-state index in [2.05, 4.69) is 5.32 Å². The Bertz CT molecular complexity index is 684. The average Bonchev–Trinajstić information content (AvgIpc) is 2.47. The fourth-order valence-corrected chi connectivity index (χ4v) is 2.82. The van der Waals surface area contributed by atoms with Crippen LogP contribution in [0.4, 0.5) is 11.4 Å². The van der Waals surface area contributed by atoms with Crippen molar-refractivity contribution in [2.45, 2.75) is 6.04 Å². The van der Waals surface area contributed by atoms with Gasteiger partial charge in [0.15, 0.2) is 0 Å². The van der Waals surface area contributed by atoms with Crippen LogP contribution < -0.4 is 5.32 Å². The molecule has 0 spiro atoms. The summed E-state index contributed by atoms with van der Waals surface area (Å²) in [6.45, 7) is 0. The van der Waals surface area contributed by atoms with Gasteiger partial charge < -0.3 is 15.1 Å². The third-order valence-corrected chi connectivity index (χ3v) is 3.88. The molecule has 0 saturated heterocycles. The SMILES string of the molecule is O=[N+]([O-])c1ccc(NC(CP(=O)(O)O)c2ccccc2)cc1. The van der Waals surface area contributed by atoms with Crippen molar-refractivity contribution in [1.29, 1.82) is 0 Å². The maximum atomic E-state index is 11.3. The van der Waals surface area contributed by atoms with E-state index in [0.29, 0.717) is 5.69 Å². The summed E-state index contributed by atoms with van der Waals surface area (Å²) in [7, 11) is -4.22. The molecule has 1 unspecified atom stereocenters. The first kappa shape index (κ1) is 16.2. The van der Waals surface area contributed by atoms with Gasteiger partial charge in [-0.25, -0.2) is 0 Å². The van der Waals surface area contributed by atoms with Crippen LogP contribution in [-0.2, 0) is 4.57 Å². The highest BCUT2D eigenvalue weighted by Crippen LogP contribution is 2.40. The summed E-state index contributed by atoms with van der Waals surface area (Å²) in [5, 5.41) is 13.6. The van der Waals surface area contributed by atoms with E-state index < -0.39 is 18.6 Å². The predicted molar refractivity (Wildman–Crippen MR) is 82.8 cm³/mol. The second-order valence-electron chi connectivity index (χ2n) is 4.76. The Kier molecular flexibility index (Phi) is 4.92. The molecule has 2 aromatic rings. The number of hydrogen-bond acceptors (Lipinski definition) is 4. The van der Waals surface area contributed by atoms with Crippen LogP contribution in [0.5, 0.6) is 0 Å². The third kappa shape index (κ3) is 4.66. The summed E-state index contributed by atoms with van der Waals surface area (Å²) in [6, 6.07) is 14.0. The topological polar surface area (TPSA) is 113 Å². The second-order valence-corrected chi connectivity index (χ2v) is 6.45. The molecule has 116 valence electrons. The van der Waals surface area contributed by atoms with Crippen LogP contribution in [0.1, 0.15) is 11.6 Å². The van der Waals surface area contributed by atoms with E-state index in [1.807, 2.05) is 6.07 Å². The lowest BCUT2D eigenvalue weighted by molar-refractivity contribution is -0.384. The highest BCUT2D eigenvalue weighted by Gasteiger charge is 2.23. The monoisotopic (exact) mass is 322 g/mol. The molecule has 3 N–H and O–H groups in total. The number of rotatable bonds is 6. The van der Waals surface area contributed by atoms with Gasteiger partial charge in [0.05, 0.1) is 17.1 Å². The van der Waals surface area contributed by atoms with Gasteiger partial charge in [0, 0.05) is 17.8 Å². The lowest BCUT2D eigenvalue weighted by Crippen LogP contribution is -2.15. The molecular weight excluding hydrogens is 307 g/mol. The Morgan fingerprint density at radius 3 is 2.18 bits per heavy atom. The molecule has 8 heteroatoms. The molecule has 0 bridgehead atoms. The fourth-order valence-electron chi connectivity index (χ4n) is 2.04. The van der Waals surface area contributed by atoms with Crippen molar-refractivity contribution in [2.75, 3.05) is 11.5 Å². The molecule has 0 aliphatic carbocycles. The van der Waals surface area contributed by atoms with Crippen molar-refractivity contribution in [3.8, 4) is 0 Å². The number of nitro groups is 1. The van der Waals surface area contributed by atoms with E-state index >= 15 is 0 Å². The zero-order valence-electron chi connectivity index (χ0n) is 11.5. The lowest BCUT2D eigenvalue weighted by Gasteiger charge is -2.21. The third-order valence-electron chi connectivity index (χ3n) is 3.04.